The van der Waals surface area contributed by atoms with Crippen molar-refractivity contribution >= 4 is 0 Å². The van der Waals surface area contributed by atoms with Crippen LogP contribution in [0, 0.1) is 5.82 Å². The molecule has 1 atom stereocenters. The number of halogens is 2. The molecule has 2 rings (SSSR count). The Balaban J connectivity index is 0.000000686. The number of likely N-dealkylation sites (tertiary alicyclic amines) is 1. The fourth-order valence-electron chi connectivity index (χ4n) is 1.94. The van der Waals surface area contributed by atoms with Crippen molar-refractivity contribution < 1.29 is 13.5 Å². The Bertz CT molecular complexity index is 333. The lowest BCUT2D eigenvalue weighted by Crippen LogP contribution is -2.30. The van der Waals surface area contributed by atoms with Gasteiger partial charge < -0.3 is 9.64 Å². The number of rotatable bonds is 3. The summed E-state index contributed by atoms with van der Waals surface area (Å²) in [6.45, 7) is 1.79. The molecule has 1 saturated heterocycles. The number of benzene rings is 1. The van der Waals surface area contributed by atoms with Gasteiger partial charge in [0, 0.05) is 12.1 Å². The van der Waals surface area contributed by atoms with Crippen molar-refractivity contribution in [1.29, 1.82) is 0 Å². The van der Waals surface area contributed by atoms with Gasteiger partial charge in [-0.15, -0.1) is 0 Å². The van der Waals surface area contributed by atoms with Crippen LogP contribution in [0.15, 0.2) is 24.3 Å². The van der Waals surface area contributed by atoms with Crippen molar-refractivity contribution in [1.82, 2.24) is 4.90 Å². The summed E-state index contributed by atoms with van der Waals surface area (Å²) in [6, 6.07) is 6.79. The van der Waals surface area contributed by atoms with Gasteiger partial charge in [0.15, 0.2) is 0 Å². The van der Waals surface area contributed by atoms with Crippen LogP contribution in [0.3, 0.4) is 0 Å². The van der Waals surface area contributed by atoms with Crippen LogP contribution in [-0.4, -0.2) is 38.3 Å². The standard InChI is InChI=1S/C12H16FNO.CH3F/c1-14-7-3-5-11(14)9-15-12-6-2-4-10(13)8-12;1-2/h2,4,6,8,11H,3,5,7,9H2,1H3;1H3. The van der Waals surface area contributed by atoms with Gasteiger partial charge in [0.1, 0.15) is 18.2 Å². The highest BCUT2D eigenvalue weighted by Gasteiger charge is 2.21. The first-order valence-electron chi connectivity index (χ1n) is 5.72. The fourth-order valence-corrected chi connectivity index (χ4v) is 1.94. The number of hydrogen-bond donors (Lipinski definition) is 0. The number of hydrogen-bond acceptors (Lipinski definition) is 2. The maximum atomic E-state index is 12.9. The molecule has 0 saturated carbocycles. The van der Waals surface area contributed by atoms with Crippen LogP contribution in [0.4, 0.5) is 8.78 Å². The van der Waals surface area contributed by atoms with Gasteiger partial charge in [0.05, 0.1) is 7.18 Å². The molecular weight excluding hydrogens is 224 g/mol. The van der Waals surface area contributed by atoms with Crippen LogP contribution in [0.2, 0.25) is 0 Å². The molecule has 1 unspecified atom stereocenters. The summed E-state index contributed by atoms with van der Waals surface area (Å²) >= 11 is 0. The maximum Gasteiger partial charge on any atom is 0.126 e. The predicted molar refractivity (Wildman–Crippen MR) is 64.6 cm³/mol. The summed E-state index contributed by atoms with van der Waals surface area (Å²) in [5, 5.41) is 0. The second-order valence-electron chi connectivity index (χ2n) is 4.05. The van der Waals surface area contributed by atoms with Gasteiger partial charge in [-0.05, 0) is 38.6 Å². The Labute approximate surface area is 101 Å². The average molecular weight is 243 g/mol. The molecule has 2 nitrogen and oxygen atoms in total. The van der Waals surface area contributed by atoms with Crippen LogP contribution in [-0.2, 0) is 0 Å². The summed E-state index contributed by atoms with van der Waals surface area (Å²) in [7, 11) is 2.60. The van der Waals surface area contributed by atoms with Crippen molar-refractivity contribution in [2.45, 2.75) is 18.9 Å². The molecule has 0 aromatic heterocycles. The Kier molecular flexibility index (Phi) is 5.91. The van der Waals surface area contributed by atoms with E-state index in [4.69, 9.17) is 4.74 Å². The lowest BCUT2D eigenvalue weighted by atomic mass is 10.2. The van der Waals surface area contributed by atoms with Gasteiger partial charge in [-0.2, -0.15) is 0 Å². The van der Waals surface area contributed by atoms with Crippen molar-refractivity contribution in [3.05, 3.63) is 30.1 Å². The van der Waals surface area contributed by atoms with Crippen LogP contribution in [0.25, 0.3) is 0 Å². The van der Waals surface area contributed by atoms with E-state index in [0.29, 0.717) is 25.6 Å². The zero-order valence-electron chi connectivity index (χ0n) is 10.3. The van der Waals surface area contributed by atoms with E-state index in [1.54, 1.807) is 12.1 Å². The molecule has 0 bridgehead atoms. The molecule has 96 valence electrons. The molecule has 1 fully saturated rings. The minimum atomic E-state index is -0.243. The molecule has 4 heteroatoms. The first-order chi connectivity index (χ1) is 8.25. The molecule has 0 N–H and O–H groups in total. The lowest BCUT2D eigenvalue weighted by Gasteiger charge is -2.19. The summed E-state index contributed by atoms with van der Waals surface area (Å²) in [5.74, 6) is 0.377. The van der Waals surface area contributed by atoms with Gasteiger partial charge >= 0.3 is 0 Å². The van der Waals surface area contributed by atoms with E-state index in [-0.39, 0.29) is 5.82 Å². The normalized spacial score (nSPS) is 19.6. The summed E-state index contributed by atoms with van der Waals surface area (Å²) in [6.07, 6.45) is 2.40. The van der Waals surface area contributed by atoms with Gasteiger partial charge in [0.2, 0.25) is 0 Å². The van der Waals surface area contributed by atoms with Gasteiger partial charge in [-0.1, -0.05) is 6.07 Å². The largest absolute Gasteiger partial charge is 0.492 e. The predicted octanol–water partition coefficient (Wildman–Crippen LogP) is 2.88. The average Bonchev–Trinajstić information content (AvgIpc) is 2.75. The maximum absolute atomic E-state index is 12.9. The molecule has 1 heterocycles. The summed E-state index contributed by atoms with van der Waals surface area (Å²) in [5.41, 5.74) is 0. The molecule has 0 aliphatic carbocycles. The third-order valence-corrected chi connectivity index (χ3v) is 2.91. The van der Waals surface area contributed by atoms with Crippen LogP contribution < -0.4 is 4.74 Å². The first kappa shape index (κ1) is 13.9. The molecule has 0 spiro atoms. The minimum absolute atomic E-state index is 0.243. The first-order valence-corrected chi connectivity index (χ1v) is 5.72. The highest BCUT2D eigenvalue weighted by Crippen LogP contribution is 2.17. The molecule has 1 aromatic carbocycles. The van der Waals surface area contributed by atoms with Crippen LogP contribution in [0.5, 0.6) is 5.75 Å². The molecule has 1 aliphatic rings. The topological polar surface area (TPSA) is 12.5 Å². The molecule has 17 heavy (non-hydrogen) atoms. The Morgan fingerprint density at radius 2 is 2.18 bits per heavy atom. The van der Waals surface area contributed by atoms with E-state index in [2.05, 4.69) is 11.9 Å². The molecule has 1 aliphatic heterocycles. The van der Waals surface area contributed by atoms with E-state index < -0.39 is 0 Å². The van der Waals surface area contributed by atoms with E-state index in [9.17, 15) is 8.78 Å². The zero-order valence-corrected chi connectivity index (χ0v) is 10.3. The highest BCUT2D eigenvalue weighted by atomic mass is 19.1. The van der Waals surface area contributed by atoms with Gasteiger partial charge in [-0.25, -0.2) is 4.39 Å². The number of nitrogens with zero attached hydrogens (tertiary/aromatic N) is 1. The quantitative estimate of drug-likeness (QED) is 0.809. The summed E-state index contributed by atoms with van der Waals surface area (Å²) in [4.78, 5) is 2.29. The second kappa shape index (κ2) is 7.22. The van der Waals surface area contributed by atoms with E-state index in [1.807, 2.05) is 0 Å². The van der Waals surface area contributed by atoms with Crippen molar-refractivity contribution in [3.63, 3.8) is 0 Å². The van der Waals surface area contributed by atoms with Crippen molar-refractivity contribution in [3.8, 4) is 5.75 Å². The Morgan fingerprint density at radius 3 is 2.76 bits per heavy atom. The number of ether oxygens (including phenoxy) is 1. The van der Waals surface area contributed by atoms with E-state index >= 15 is 0 Å². The Morgan fingerprint density at radius 1 is 1.41 bits per heavy atom. The van der Waals surface area contributed by atoms with E-state index in [0.717, 1.165) is 6.54 Å². The van der Waals surface area contributed by atoms with Gasteiger partial charge in [-0.3, -0.25) is 4.39 Å². The monoisotopic (exact) mass is 243 g/mol. The fraction of sp³-hybridized carbons (Fsp3) is 0.538. The SMILES string of the molecule is CF.CN1CCCC1COc1cccc(F)c1. The van der Waals surface area contributed by atoms with Crippen LogP contribution in [0.1, 0.15) is 12.8 Å². The van der Waals surface area contributed by atoms with Crippen molar-refractivity contribution in [2.24, 2.45) is 0 Å². The minimum Gasteiger partial charge on any atom is -0.492 e. The zero-order chi connectivity index (χ0) is 12.7. The third-order valence-electron chi connectivity index (χ3n) is 2.91. The second-order valence-corrected chi connectivity index (χ2v) is 4.05. The molecule has 0 amide bonds. The highest BCUT2D eigenvalue weighted by molar-refractivity contribution is 5.22. The lowest BCUT2D eigenvalue weighted by molar-refractivity contribution is 0.198. The Hall–Kier alpha value is -1.16. The number of alkyl halides is 1. The van der Waals surface area contributed by atoms with Crippen LogP contribution >= 0.6 is 0 Å². The third kappa shape index (κ3) is 4.30. The smallest absolute Gasteiger partial charge is 0.126 e. The molecular formula is C13H19F2NO. The van der Waals surface area contributed by atoms with Gasteiger partial charge in [0.25, 0.3) is 0 Å². The number of likely N-dealkylation sites (N-methyl/N-ethyl adjacent to an activating group) is 1. The molecule has 1 aromatic rings. The summed E-state index contributed by atoms with van der Waals surface area (Å²) < 4.78 is 27.9. The molecule has 0 radical (unpaired) electrons. The van der Waals surface area contributed by atoms with Crippen molar-refractivity contribution in [2.75, 3.05) is 27.4 Å². The van der Waals surface area contributed by atoms with E-state index in [1.165, 1.54) is 25.0 Å².